The Labute approximate surface area is 192 Å². The van der Waals surface area contributed by atoms with E-state index in [1.165, 1.54) is 11.3 Å². The maximum atomic E-state index is 5.19. The quantitative estimate of drug-likeness (QED) is 0.243. The first-order chi connectivity index (χ1) is 13.8. The molecule has 2 aliphatic rings. The fourth-order valence-electron chi connectivity index (χ4n) is 3.75. The minimum atomic E-state index is 0. The van der Waals surface area contributed by atoms with E-state index in [2.05, 4.69) is 63.8 Å². The lowest BCUT2D eigenvalue weighted by molar-refractivity contribution is 0.128. The second-order valence-electron chi connectivity index (χ2n) is 7.49. The Kier molecular flexibility index (Phi) is 10.8. The molecule has 0 aromatic heterocycles. The Balaban J connectivity index is 0.00000300. The number of anilines is 1. The number of ether oxygens (including phenoxy) is 1. The molecule has 0 radical (unpaired) electrons. The standard InChI is InChI=1S/C22H35N5O.HI/c1-3-23-22(25-20-9-13-26(14-10-20)15-16-28-2)24-18-19-7-6-8-21(17-19)27-11-4-5-12-27;/h4-8,17,20H,3,9-16,18H2,1-2H3,(H2,23,24,25);1H. The summed E-state index contributed by atoms with van der Waals surface area (Å²) in [6.45, 7) is 9.76. The zero-order valence-corrected chi connectivity index (χ0v) is 20.1. The summed E-state index contributed by atoms with van der Waals surface area (Å²) < 4.78 is 5.19. The van der Waals surface area contributed by atoms with Gasteiger partial charge in [-0.3, -0.25) is 0 Å². The highest BCUT2D eigenvalue weighted by Gasteiger charge is 2.19. The monoisotopic (exact) mass is 513 g/mol. The number of aliphatic imine (C=N–C) groups is 1. The Morgan fingerprint density at radius 1 is 1.21 bits per heavy atom. The van der Waals surface area contributed by atoms with Crippen LogP contribution in [0, 0.1) is 0 Å². The van der Waals surface area contributed by atoms with Crippen molar-refractivity contribution >= 4 is 35.6 Å². The maximum absolute atomic E-state index is 5.19. The average Bonchev–Trinajstić information content (AvgIpc) is 3.27. The molecule has 0 spiro atoms. The third-order valence-electron chi connectivity index (χ3n) is 5.40. The molecule has 1 aromatic carbocycles. The number of nitrogens with zero attached hydrogens (tertiary/aromatic N) is 3. The van der Waals surface area contributed by atoms with Gasteiger partial charge in [0, 0.05) is 58.1 Å². The highest BCUT2D eigenvalue weighted by molar-refractivity contribution is 14.0. The van der Waals surface area contributed by atoms with E-state index >= 15 is 0 Å². The molecule has 2 aliphatic heterocycles. The molecule has 29 heavy (non-hydrogen) atoms. The van der Waals surface area contributed by atoms with Gasteiger partial charge in [-0.15, -0.1) is 24.0 Å². The number of likely N-dealkylation sites (tertiary alicyclic amines) is 1. The molecule has 2 heterocycles. The summed E-state index contributed by atoms with van der Waals surface area (Å²) in [5.74, 6) is 0.922. The van der Waals surface area contributed by atoms with Crippen molar-refractivity contribution in [1.29, 1.82) is 0 Å². The van der Waals surface area contributed by atoms with Gasteiger partial charge in [-0.25, -0.2) is 4.99 Å². The van der Waals surface area contributed by atoms with Gasteiger partial charge in [0.1, 0.15) is 0 Å². The smallest absolute Gasteiger partial charge is 0.191 e. The molecule has 6 nitrogen and oxygen atoms in total. The van der Waals surface area contributed by atoms with E-state index < -0.39 is 0 Å². The van der Waals surface area contributed by atoms with Crippen molar-refractivity contribution in [1.82, 2.24) is 15.5 Å². The van der Waals surface area contributed by atoms with Crippen molar-refractivity contribution in [3.8, 4) is 0 Å². The molecule has 0 unspecified atom stereocenters. The van der Waals surface area contributed by atoms with Crippen molar-refractivity contribution < 1.29 is 4.74 Å². The highest BCUT2D eigenvalue weighted by Crippen LogP contribution is 2.19. The van der Waals surface area contributed by atoms with Gasteiger partial charge < -0.3 is 25.2 Å². The molecule has 2 N–H and O–H groups in total. The lowest BCUT2D eigenvalue weighted by Gasteiger charge is -2.32. The number of piperidine rings is 1. The summed E-state index contributed by atoms with van der Waals surface area (Å²) in [6.07, 6.45) is 6.73. The summed E-state index contributed by atoms with van der Waals surface area (Å²) in [6, 6.07) is 9.22. The highest BCUT2D eigenvalue weighted by atomic mass is 127. The number of methoxy groups -OCH3 is 1. The van der Waals surface area contributed by atoms with E-state index in [-0.39, 0.29) is 24.0 Å². The average molecular weight is 513 g/mol. The van der Waals surface area contributed by atoms with Gasteiger partial charge in [0.25, 0.3) is 0 Å². The molecule has 7 heteroatoms. The lowest BCUT2D eigenvalue weighted by Crippen LogP contribution is -2.49. The van der Waals surface area contributed by atoms with E-state index in [0.717, 1.165) is 64.7 Å². The van der Waals surface area contributed by atoms with Crippen LogP contribution in [0.3, 0.4) is 0 Å². The predicted molar refractivity (Wildman–Crippen MR) is 132 cm³/mol. The van der Waals surface area contributed by atoms with Crippen LogP contribution in [0.15, 0.2) is 41.4 Å². The van der Waals surface area contributed by atoms with Gasteiger partial charge in [-0.1, -0.05) is 24.3 Å². The predicted octanol–water partition coefficient (Wildman–Crippen LogP) is 2.85. The fourth-order valence-corrected chi connectivity index (χ4v) is 3.75. The Morgan fingerprint density at radius 3 is 2.66 bits per heavy atom. The van der Waals surface area contributed by atoms with Gasteiger partial charge in [-0.2, -0.15) is 0 Å². The first-order valence-electron chi connectivity index (χ1n) is 10.5. The van der Waals surface area contributed by atoms with Gasteiger partial charge in [-0.05, 0) is 37.5 Å². The van der Waals surface area contributed by atoms with Crippen molar-refractivity contribution in [3.63, 3.8) is 0 Å². The SMILES string of the molecule is CCNC(=NCc1cccc(N2CC=CC2)c1)NC1CCN(CCOC)CC1.I. The number of benzene rings is 1. The number of nitrogens with one attached hydrogen (secondary N) is 2. The van der Waals surface area contributed by atoms with E-state index in [1.54, 1.807) is 7.11 Å². The number of halogens is 1. The van der Waals surface area contributed by atoms with Crippen molar-refractivity contribution in [2.24, 2.45) is 4.99 Å². The molecule has 1 fully saturated rings. The van der Waals surface area contributed by atoms with Gasteiger partial charge >= 0.3 is 0 Å². The van der Waals surface area contributed by atoms with Crippen molar-refractivity contribution in [2.45, 2.75) is 32.4 Å². The van der Waals surface area contributed by atoms with E-state index in [1.807, 2.05) is 0 Å². The molecule has 162 valence electrons. The van der Waals surface area contributed by atoms with Crippen LogP contribution in [0.5, 0.6) is 0 Å². The molecule has 0 aliphatic carbocycles. The van der Waals surface area contributed by atoms with Crippen LogP contribution >= 0.6 is 24.0 Å². The molecule has 0 saturated carbocycles. The van der Waals surface area contributed by atoms with Crippen LogP contribution in [-0.4, -0.2) is 69.9 Å². The first-order valence-corrected chi connectivity index (χ1v) is 10.5. The van der Waals surface area contributed by atoms with E-state index in [0.29, 0.717) is 12.6 Å². The number of hydrogen-bond donors (Lipinski definition) is 2. The first kappa shape index (κ1) is 24.0. The lowest BCUT2D eigenvalue weighted by atomic mass is 10.1. The summed E-state index contributed by atoms with van der Waals surface area (Å²) in [5, 5.41) is 7.03. The summed E-state index contributed by atoms with van der Waals surface area (Å²) >= 11 is 0. The Morgan fingerprint density at radius 2 is 1.97 bits per heavy atom. The zero-order valence-electron chi connectivity index (χ0n) is 17.8. The topological polar surface area (TPSA) is 52.1 Å². The molecular weight excluding hydrogens is 477 g/mol. The second-order valence-corrected chi connectivity index (χ2v) is 7.49. The van der Waals surface area contributed by atoms with Gasteiger partial charge in [0.15, 0.2) is 5.96 Å². The fraction of sp³-hybridized carbons (Fsp3) is 0.591. The second kappa shape index (κ2) is 13.1. The summed E-state index contributed by atoms with van der Waals surface area (Å²) in [7, 11) is 1.77. The normalized spacial score (nSPS) is 18.0. The van der Waals surface area contributed by atoms with Crippen LogP contribution in [0.25, 0.3) is 0 Å². The minimum Gasteiger partial charge on any atom is -0.383 e. The van der Waals surface area contributed by atoms with Gasteiger partial charge in [0.05, 0.1) is 13.2 Å². The largest absolute Gasteiger partial charge is 0.383 e. The van der Waals surface area contributed by atoms with Crippen LogP contribution in [0.4, 0.5) is 5.69 Å². The zero-order chi connectivity index (χ0) is 19.6. The molecule has 0 amide bonds. The maximum Gasteiger partial charge on any atom is 0.191 e. The van der Waals surface area contributed by atoms with Crippen LogP contribution in [0.2, 0.25) is 0 Å². The Bertz CT molecular complexity index is 650. The van der Waals surface area contributed by atoms with E-state index in [9.17, 15) is 0 Å². The minimum absolute atomic E-state index is 0. The van der Waals surface area contributed by atoms with Crippen LogP contribution < -0.4 is 15.5 Å². The van der Waals surface area contributed by atoms with Crippen LogP contribution in [0.1, 0.15) is 25.3 Å². The number of hydrogen-bond acceptors (Lipinski definition) is 4. The molecule has 0 atom stereocenters. The van der Waals surface area contributed by atoms with Gasteiger partial charge in [0.2, 0.25) is 0 Å². The Hall–Kier alpha value is -1.32. The molecule has 0 bridgehead atoms. The van der Waals surface area contributed by atoms with Crippen molar-refractivity contribution in [2.75, 3.05) is 57.9 Å². The third kappa shape index (κ3) is 7.79. The summed E-state index contributed by atoms with van der Waals surface area (Å²) in [4.78, 5) is 9.69. The third-order valence-corrected chi connectivity index (χ3v) is 5.40. The molecule has 1 aromatic rings. The van der Waals surface area contributed by atoms with E-state index in [4.69, 9.17) is 9.73 Å². The van der Waals surface area contributed by atoms with Crippen LogP contribution in [-0.2, 0) is 11.3 Å². The summed E-state index contributed by atoms with van der Waals surface area (Å²) in [5.41, 5.74) is 2.52. The van der Waals surface area contributed by atoms with Crippen molar-refractivity contribution in [3.05, 3.63) is 42.0 Å². The molecule has 3 rings (SSSR count). The number of rotatable bonds is 8. The number of guanidine groups is 1. The molecule has 1 saturated heterocycles. The molecular formula is C22H36IN5O.